The van der Waals surface area contributed by atoms with Crippen molar-refractivity contribution in [2.75, 3.05) is 0 Å². The summed E-state index contributed by atoms with van der Waals surface area (Å²) in [5.74, 6) is -0.736. The van der Waals surface area contributed by atoms with Crippen molar-refractivity contribution < 1.29 is 9.18 Å². The zero-order valence-electron chi connectivity index (χ0n) is 17.3. The number of H-pyrrole nitrogens is 1. The highest BCUT2D eigenvalue weighted by atomic mass is 19.1. The molecule has 7 heteroatoms. The number of hydrogen-bond acceptors (Lipinski definition) is 3. The van der Waals surface area contributed by atoms with Gasteiger partial charge in [-0.3, -0.25) is 9.89 Å². The molecular weight excluding hydrogens is 405 g/mol. The van der Waals surface area contributed by atoms with Crippen LogP contribution in [-0.2, 0) is 6.54 Å². The molecule has 0 aliphatic rings. The van der Waals surface area contributed by atoms with Gasteiger partial charge in [-0.05, 0) is 61.0 Å². The van der Waals surface area contributed by atoms with Gasteiger partial charge in [0.15, 0.2) is 0 Å². The van der Waals surface area contributed by atoms with Gasteiger partial charge in [0.05, 0.1) is 11.9 Å². The van der Waals surface area contributed by atoms with E-state index in [2.05, 4.69) is 56.5 Å². The van der Waals surface area contributed by atoms with Gasteiger partial charge in [0, 0.05) is 33.9 Å². The maximum atomic E-state index is 13.1. The number of benzene rings is 3. The number of carbonyl (C=O) groups excluding carboxylic acids is 1. The highest BCUT2D eigenvalue weighted by Crippen LogP contribution is 2.29. The molecule has 1 amide bonds. The molecule has 0 saturated carbocycles. The summed E-state index contributed by atoms with van der Waals surface area (Å²) >= 11 is 0. The van der Waals surface area contributed by atoms with E-state index in [9.17, 15) is 9.18 Å². The molecule has 2 N–H and O–H groups in total. The number of amides is 1. The minimum absolute atomic E-state index is 0.267. The number of fused-ring (bicyclic) bond motifs is 3. The Morgan fingerprint density at radius 2 is 1.84 bits per heavy atom. The Morgan fingerprint density at radius 1 is 1.06 bits per heavy atom. The van der Waals surface area contributed by atoms with Crippen LogP contribution in [0.2, 0.25) is 0 Å². The molecule has 0 radical (unpaired) electrons. The summed E-state index contributed by atoms with van der Waals surface area (Å²) in [6.45, 7) is 3.02. The van der Waals surface area contributed by atoms with Gasteiger partial charge in [0.25, 0.3) is 5.91 Å². The number of hydrazone groups is 1. The summed E-state index contributed by atoms with van der Waals surface area (Å²) in [6.07, 6.45) is 1.62. The lowest BCUT2D eigenvalue weighted by Crippen LogP contribution is -2.18. The Kier molecular flexibility index (Phi) is 4.99. The van der Waals surface area contributed by atoms with Crippen LogP contribution in [0.25, 0.3) is 33.1 Å². The monoisotopic (exact) mass is 425 g/mol. The third-order valence-corrected chi connectivity index (χ3v) is 5.45. The van der Waals surface area contributed by atoms with Crippen LogP contribution in [0.1, 0.15) is 23.0 Å². The van der Waals surface area contributed by atoms with E-state index in [0.717, 1.165) is 17.5 Å². The van der Waals surface area contributed by atoms with E-state index < -0.39 is 5.91 Å². The second kappa shape index (κ2) is 8.11. The van der Waals surface area contributed by atoms with Crippen molar-refractivity contribution in [1.29, 1.82) is 0 Å². The minimum Gasteiger partial charge on any atom is -0.341 e. The molecular formula is C25H20FN5O. The van der Waals surface area contributed by atoms with Crippen LogP contribution in [0.4, 0.5) is 4.39 Å². The lowest BCUT2D eigenvalue weighted by atomic mass is 10.1. The molecule has 0 aliphatic carbocycles. The molecule has 6 nitrogen and oxygen atoms in total. The van der Waals surface area contributed by atoms with Gasteiger partial charge in [-0.2, -0.15) is 10.2 Å². The highest BCUT2D eigenvalue weighted by Gasteiger charge is 2.11. The van der Waals surface area contributed by atoms with E-state index in [4.69, 9.17) is 0 Å². The fraction of sp³-hybridized carbons (Fsp3) is 0.0800. The van der Waals surface area contributed by atoms with Gasteiger partial charge in [0.1, 0.15) is 11.5 Å². The van der Waals surface area contributed by atoms with Gasteiger partial charge in [-0.1, -0.05) is 24.3 Å². The number of aromatic amines is 1. The Morgan fingerprint density at radius 3 is 2.66 bits per heavy atom. The van der Waals surface area contributed by atoms with Crippen LogP contribution in [0.3, 0.4) is 0 Å². The maximum Gasteiger partial charge on any atom is 0.289 e. The molecule has 5 rings (SSSR count). The van der Waals surface area contributed by atoms with Gasteiger partial charge < -0.3 is 4.57 Å². The van der Waals surface area contributed by atoms with Crippen LogP contribution in [0.5, 0.6) is 0 Å². The number of nitrogens with one attached hydrogen (secondary N) is 2. The second-order valence-corrected chi connectivity index (χ2v) is 7.41. The van der Waals surface area contributed by atoms with Crippen LogP contribution in [-0.4, -0.2) is 26.9 Å². The average molecular weight is 425 g/mol. The first-order chi connectivity index (χ1) is 15.6. The van der Waals surface area contributed by atoms with Crippen molar-refractivity contribution in [3.63, 3.8) is 0 Å². The fourth-order valence-electron chi connectivity index (χ4n) is 3.92. The van der Waals surface area contributed by atoms with E-state index in [1.165, 1.54) is 28.6 Å². The van der Waals surface area contributed by atoms with Gasteiger partial charge >= 0.3 is 0 Å². The van der Waals surface area contributed by atoms with Crippen molar-refractivity contribution in [2.45, 2.75) is 13.5 Å². The number of hydrogen-bond donors (Lipinski definition) is 2. The predicted molar refractivity (Wildman–Crippen MR) is 124 cm³/mol. The molecule has 2 aromatic heterocycles. The van der Waals surface area contributed by atoms with E-state index in [0.29, 0.717) is 11.3 Å². The third-order valence-electron chi connectivity index (χ3n) is 5.45. The smallest absolute Gasteiger partial charge is 0.289 e. The van der Waals surface area contributed by atoms with E-state index in [1.807, 2.05) is 18.2 Å². The number of para-hydroxylation sites is 1. The summed E-state index contributed by atoms with van der Waals surface area (Å²) in [5, 5.41) is 13.2. The zero-order valence-corrected chi connectivity index (χ0v) is 17.3. The van der Waals surface area contributed by atoms with Crippen molar-refractivity contribution >= 4 is 33.9 Å². The fourth-order valence-corrected chi connectivity index (χ4v) is 3.92. The van der Waals surface area contributed by atoms with Crippen LogP contribution in [0.15, 0.2) is 77.9 Å². The molecule has 3 aromatic carbocycles. The largest absolute Gasteiger partial charge is 0.341 e. The maximum absolute atomic E-state index is 13.1. The number of rotatable bonds is 5. The summed E-state index contributed by atoms with van der Waals surface area (Å²) in [5.41, 5.74) is 7.30. The molecule has 32 heavy (non-hydrogen) atoms. The van der Waals surface area contributed by atoms with Crippen molar-refractivity contribution in [3.05, 3.63) is 89.9 Å². The second-order valence-electron chi connectivity index (χ2n) is 7.41. The van der Waals surface area contributed by atoms with Gasteiger partial charge in [0.2, 0.25) is 0 Å². The summed E-state index contributed by atoms with van der Waals surface area (Å²) in [7, 11) is 0. The molecule has 0 fully saturated rings. The Labute approximate surface area is 183 Å². The molecule has 0 bridgehead atoms. The first kappa shape index (κ1) is 19.7. The number of halogens is 1. The molecule has 2 heterocycles. The quantitative estimate of drug-likeness (QED) is 0.303. The van der Waals surface area contributed by atoms with E-state index in [-0.39, 0.29) is 11.5 Å². The van der Waals surface area contributed by atoms with Gasteiger partial charge in [-0.25, -0.2) is 9.82 Å². The van der Waals surface area contributed by atoms with Crippen molar-refractivity contribution in [1.82, 2.24) is 20.2 Å². The van der Waals surface area contributed by atoms with Crippen molar-refractivity contribution in [3.8, 4) is 11.3 Å². The summed E-state index contributed by atoms with van der Waals surface area (Å²) < 4.78 is 15.4. The Hall–Kier alpha value is -4.26. The molecule has 0 spiro atoms. The lowest BCUT2D eigenvalue weighted by molar-refractivity contribution is 0.0950. The summed E-state index contributed by atoms with van der Waals surface area (Å²) in [6, 6.07) is 22.0. The summed E-state index contributed by atoms with van der Waals surface area (Å²) in [4.78, 5) is 12.4. The number of nitrogens with zero attached hydrogens (tertiary/aromatic N) is 3. The van der Waals surface area contributed by atoms with Crippen LogP contribution < -0.4 is 5.43 Å². The lowest BCUT2D eigenvalue weighted by Gasteiger charge is -2.02. The SMILES string of the molecule is CCn1c2ccccc2c2cc(C=NNC(=O)c3cc(-c4ccc(F)cc4)n[nH]3)ccc21. The molecule has 0 saturated heterocycles. The van der Waals surface area contributed by atoms with Crippen LogP contribution in [0, 0.1) is 5.82 Å². The zero-order chi connectivity index (χ0) is 22.1. The van der Waals surface area contributed by atoms with Gasteiger partial charge in [-0.15, -0.1) is 0 Å². The normalized spacial score (nSPS) is 11.6. The highest BCUT2D eigenvalue weighted by molar-refractivity contribution is 6.09. The molecule has 158 valence electrons. The first-order valence-electron chi connectivity index (χ1n) is 10.3. The van der Waals surface area contributed by atoms with Crippen LogP contribution >= 0.6 is 0 Å². The number of aryl methyl sites for hydroxylation is 1. The Bertz CT molecular complexity index is 1460. The van der Waals surface area contributed by atoms with Crippen molar-refractivity contribution in [2.24, 2.45) is 5.10 Å². The standard InChI is InChI=1S/C25H20FN5O/c1-2-31-23-6-4-3-5-19(23)20-13-16(7-12-24(20)31)15-27-30-25(32)22-14-21(28-29-22)17-8-10-18(26)11-9-17/h3-15H,2H2,1H3,(H,28,29)(H,30,32). The topological polar surface area (TPSA) is 75.1 Å². The van der Waals surface area contributed by atoms with E-state index in [1.54, 1.807) is 24.4 Å². The molecule has 0 unspecified atom stereocenters. The minimum atomic E-state index is -0.411. The average Bonchev–Trinajstić information content (AvgIpc) is 3.43. The third kappa shape index (κ3) is 3.54. The molecule has 0 aliphatic heterocycles. The Balaban J connectivity index is 1.34. The predicted octanol–water partition coefficient (Wildman–Crippen LogP) is 5.11. The molecule has 5 aromatic rings. The number of aromatic nitrogens is 3. The number of carbonyl (C=O) groups is 1. The first-order valence-corrected chi connectivity index (χ1v) is 10.3. The van der Waals surface area contributed by atoms with E-state index >= 15 is 0 Å². The molecule has 0 atom stereocenters.